The highest BCUT2D eigenvalue weighted by Gasteiger charge is 2.20. The number of carbonyl (C=O) groups excluding carboxylic acids is 2. The molecule has 0 radical (unpaired) electrons. The van der Waals surface area contributed by atoms with Crippen molar-refractivity contribution in [3.05, 3.63) is 102 Å². The van der Waals surface area contributed by atoms with Crippen molar-refractivity contribution in [3.8, 4) is 5.75 Å². The van der Waals surface area contributed by atoms with Crippen molar-refractivity contribution >= 4 is 18.0 Å². The Kier molecular flexibility index (Phi) is 11.7. The van der Waals surface area contributed by atoms with E-state index in [4.69, 9.17) is 9.47 Å². The lowest BCUT2D eigenvalue weighted by atomic mass is 10.1. The first kappa shape index (κ1) is 28.2. The van der Waals surface area contributed by atoms with Gasteiger partial charge in [-0.05, 0) is 41.7 Å². The second-order valence-corrected chi connectivity index (χ2v) is 8.88. The zero-order valence-corrected chi connectivity index (χ0v) is 21.3. The van der Waals surface area contributed by atoms with Crippen LogP contribution in [0, 0.1) is 0 Å². The Balaban J connectivity index is 1.32. The maximum atomic E-state index is 12.3. The summed E-state index contributed by atoms with van der Waals surface area (Å²) in [4.78, 5) is 35.9. The van der Waals surface area contributed by atoms with Crippen LogP contribution in [0.3, 0.4) is 0 Å². The van der Waals surface area contributed by atoms with Crippen molar-refractivity contribution < 1.29 is 29.0 Å². The molecular formula is C30H34N2O6. The Morgan fingerprint density at radius 3 is 2.11 bits per heavy atom. The van der Waals surface area contributed by atoms with Gasteiger partial charge in [-0.3, -0.25) is 4.79 Å². The van der Waals surface area contributed by atoms with E-state index in [1.165, 1.54) is 0 Å². The molecule has 0 aromatic heterocycles. The molecule has 0 aliphatic heterocycles. The quantitative estimate of drug-likeness (QED) is 0.248. The van der Waals surface area contributed by atoms with Gasteiger partial charge in [0.15, 0.2) is 0 Å². The Labute approximate surface area is 223 Å². The van der Waals surface area contributed by atoms with Gasteiger partial charge in [-0.2, -0.15) is 0 Å². The van der Waals surface area contributed by atoms with Crippen LogP contribution in [-0.2, 0) is 34.0 Å². The van der Waals surface area contributed by atoms with Crippen molar-refractivity contribution in [2.75, 3.05) is 6.54 Å². The first-order valence-electron chi connectivity index (χ1n) is 12.7. The molecule has 3 N–H and O–H groups in total. The molecule has 3 aromatic rings. The molecule has 200 valence electrons. The molecule has 8 nitrogen and oxygen atoms in total. The molecule has 0 fully saturated rings. The van der Waals surface area contributed by atoms with Gasteiger partial charge in [0, 0.05) is 19.4 Å². The molecule has 0 aliphatic rings. The smallest absolute Gasteiger partial charge is 0.407 e. The summed E-state index contributed by atoms with van der Waals surface area (Å²) < 4.78 is 11.0. The average Bonchev–Trinajstić information content (AvgIpc) is 2.93. The van der Waals surface area contributed by atoms with E-state index in [0.717, 1.165) is 16.7 Å². The lowest BCUT2D eigenvalue weighted by Gasteiger charge is -2.15. The summed E-state index contributed by atoms with van der Waals surface area (Å²) in [5.74, 6) is -0.768. The SMILES string of the molecule is O=C(CCCCCNC(=O)OCc1ccccc1)N[C@H](Cc1cccc(OCc2ccccc2)c1)C(=O)O. The van der Waals surface area contributed by atoms with E-state index in [1.54, 1.807) is 6.07 Å². The van der Waals surface area contributed by atoms with Gasteiger partial charge in [0.25, 0.3) is 0 Å². The Hall–Kier alpha value is -4.33. The maximum Gasteiger partial charge on any atom is 0.407 e. The number of carboxylic acids is 1. The lowest BCUT2D eigenvalue weighted by Crippen LogP contribution is -2.42. The van der Waals surface area contributed by atoms with Crippen LogP contribution in [0.4, 0.5) is 4.79 Å². The highest BCUT2D eigenvalue weighted by molar-refractivity contribution is 5.83. The molecule has 0 unspecified atom stereocenters. The van der Waals surface area contributed by atoms with E-state index in [0.29, 0.717) is 38.2 Å². The summed E-state index contributed by atoms with van der Waals surface area (Å²) >= 11 is 0. The molecule has 8 heteroatoms. The number of hydrogen-bond acceptors (Lipinski definition) is 5. The zero-order valence-electron chi connectivity index (χ0n) is 21.3. The van der Waals surface area contributed by atoms with E-state index >= 15 is 0 Å². The summed E-state index contributed by atoms with van der Waals surface area (Å²) in [6.45, 7) is 1.06. The fraction of sp³-hybridized carbons (Fsp3) is 0.300. The van der Waals surface area contributed by atoms with Gasteiger partial charge >= 0.3 is 12.1 Å². The zero-order chi connectivity index (χ0) is 27.0. The van der Waals surface area contributed by atoms with Crippen LogP contribution in [0.5, 0.6) is 5.75 Å². The first-order valence-corrected chi connectivity index (χ1v) is 12.7. The Bertz CT molecular complexity index is 1150. The van der Waals surface area contributed by atoms with Gasteiger partial charge in [-0.1, -0.05) is 79.2 Å². The summed E-state index contributed by atoms with van der Waals surface area (Å²) in [5, 5.41) is 14.9. The summed E-state index contributed by atoms with van der Waals surface area (Å²) in [6, 6.07) is 25.4. The van der Waals surface area contributed by atoms with E-state index in [9.17, 15) is 19.5 Å². The molecule has 3 aromatic carbocycles. The van der Waals surface area contributed by atoms with Crippen molar-refractivity contribution in [2.24, 2.45) is 0 Å². The fourth-order valence-electron chi connectivity index (χ4n) is 3.76. The number of hydrogen-bond donors (Lipinski definition) is 3. The van der Waals surface area contributed by atoms with Crippen LogP contribution in [-0.4, -0.2) is 35.7 Å². The highest BCUT2D eigenvalue weighted by Crippen LogP contribution is 2.17. The number of aliphatic carboxylic acids is 1. The standard InChI is InChI=1S/C30H34N2O6/c33-28(17-8-3-9-18-31-30(36)38-22-24-13-6-2-7-14-24)32-27(29(34)35)20-25-15-10-16-26(19-25)37-21-23-11-4-1-5-12-23/h1-2,4-7,10-16,19,27H,3,8-9,17-18,20-22H2,(H,31,36)(H,32,33)(H,34,35)/t27-/m1/s1. The van der Waals surface area contributed by atoms with Crippen LogP contribution >= 0.6 is 0 Å². The summed E-state index contributed by atoms with van der Waals surface area (Å²) in [5.41, 5.74) is 2.71. The Morgan fingerprint density at radius 2 is 1.42 bits per heavy atom. The maximum absolute atomic E-state index is 12.3. The normalized spacial score (nSPS) is 11.3. The van der Waals surface area contributed by atoms with E-state index in [1.807, 2.05) is 78.9 Å². The predicted octanol–water partition coefficient (Wildman–Crippen LogP) is 4.86. The number of ether oxygens (including phenoxy) is 2. The molecular weight excluding hydrogens is 484 g/mol. The molecule has 3 rings (SSSR count). The van der Waals surface area contributed by atoms with Crippen molar-refractivity contribution in [2.45, 2.75) is 51.4 Å². The molecule has 0 bridgehead atoms. The molecule has 0 spiro atoms. The highest BCUT2D eigenvalue weighted by atomic mass is 16.5. The summed E-state index contributed by atoms with van der Waals surface area (Å²) in [6.07, 6.45) is 1.87. The molecule has 38 heavy (non-hydrogen) atoms. The third-order valence-corrected chi connectivity index (χ3v) is 5.78. The monoisotopic (exact) mass is 518 g/mol. The lowest BCUT2D eigenvalue weighted by molar-refractivity contribution is -0.141. The molecule has 0 saturated heterocycles. The predicted molar refractivity (Wildman–Crippen MR) is 144 cm³/mol. The van der Waals surface area contributed by atoms with Gasteiger partial charge in [-0.25, -0.2) is 9.59 Å². The van der Waals surface area contributed by atoms with Crippen LogP contribution in [0.1, 0.15) is 42.4 Å². The largest absolute Gasteiger partial charge is 0.489 e. The third-order valence-electron chi connectivity index (χ3n) is 5.78. The van der Waals surface area contributed by atoms with Crippen LogP contribution in [0.2, 0.25) is 0 Å². The van der Waals surface area contributed by atoms with E-state index in [2.05, 4.69) is 10.6 Å². The number of rotatable bonds is 15. The second kappa shape index (κ2) is 15.7. The average molecular weight is 519 g/mol. The number of alkyl carbamates (subject to hydrolysis) is 1. The van der Waals surface area contributed by atoms with Gasteiger partial charge < -0.3 is 25.2 Å². The van der Waals surface area contributed by atoms with Gasteiger partial charge in [0.05, 0.1) is 0 Å². The van der Waals surface area contributed by atoms with E-state index in [-0.39, 0.29) is 25.4 Å². The van der Waals surface area contributed by atoms with Gasteiger partial charge in [-0.15, -0.1) is 0 Å². The minimum atomic E-state index is -1.09. The van der Waals surface area contributed by atoms with E-state index < -0.39 is 18.1 Å². The molecule has 0 aliphatic carbocycles. The van der Waals surface area contributed by atoms with Crippen molar-refractivity contribution in [1.82, 2.24) is 10.6 Å². The molecule has 2 amide bonds. The first-order chi connectivity index (χ1) is 18.5. The van der Waals surface area contributed by atoms with Crippen LogP contribution < -0.4 is 15.4 Å². The minimum Gasteiger partial charge on any atom is -0.489 e. The van der Waals surface area contributed by atoms with Crippen LogP contribution in [0.15, 0.2) is 84.9 Å². The second-order valence-electron chi connectivity index (χ2n) is 8.88. The summed E-state index contributed by atoms with van der Waals surface area (Å²) in [7, 11) is 0. The van der Waals surface area contributed by atoms with Crippen molar-refractivity contribution in [3.63, 3.8) is 0 Å². The number of amides is 2. The topological polar surface area (TPSA) is 114 Å². The van der Waals surface area contributed by atoms with Crippen LogP contribution in [0.25, 0.3) is 0 Å². The number of benzene rings is 3. The van der Waals surface area contributed by atoms with Gasteiger partial charge in [0.2, 0.25) is 5.91 Å². The number of nitrogens with one attached hydrogen (secondary N) is 2. The number of carboxylic acid groups (broad SMARTS) is 1. The third kappa shape index (κ3) is 10.7. The van der Waals surface area contributed by atoms with Crippen molar-refractivity contribution in [1.29, 1.82) is 0 Å². The number of carbonyl (C=O) groups is 3. The molecule has 0 heterocycles. The Morgan fingerprint density at radius 1 is 0.763 bits per heavy atom. The fourth-order valence-corrected chi connectivity index (χ4v) is 3.76. The van der Waals surface area contributed by atoms with Gasteiger partial charge in [0.1, 0.15) is 25.0 Å². The molecule has 1 atom stereocenters. The molecule has 0 saturated carbocycles. The minimum absolute atomic E-state index is 0.151. The number of unbranched alkanes of at least 4 members (excludes halogenated alkanes) is 2.